The zero-order chi connectivity index (χ0) is 14.5. The first-order valence-corrected chi connectivity index (χ1v) is 8.25. The van der Waals surface area contributed by atoms with Gasteiger partial charge >= 0.3 is 0 Å². The molecule has 4 nitrogen and oxygen atoms in total. The normalized spacial score (nSPS) is 14.3. The molecule has 0 aliphatic heterocycles. The summed E-state index contributed by atoms with van der Waals surface area (Å²) in [5, 5.41) is 5.43. The van der Waals surface area contributed by atoms with E-state index in [0.29, 0.717) is 25.6 Å². The molecule has 1 aliphatic carbocycles. The van der Waals surface area contributed by atoms with Crippen LogP contribution in [0.4, 0.5) is 0 Å². The van der Waals surface area contributed by atoms with E-state index in [1.807, 2.05) is 28.5 Å². The molecule has 21 heavy (non-hydrogen) atoms. The van der Waals surface area contributed by atoms with E-state index < -0.39 is 0 Å². The monoisotopic (exact) mass is 304 g/mol. The minimum atomic E-state index is 0.174. The first-order chi connectivity index (χ1) is 10.3. The SMILES string of the molecule is O=C(CCNC1CC1)N(Cc1ccco1)Cc1cccs1. The van der Waals surface area contributed by atoms with Crippen molar-refractivity contribution in [2.24, 2.45) is 0 Å². The van der Waals surface area contributed by atoms with Crippen LogP contribution in [0.25, 0.3) is 0 Å². The minimum absolute atomic E-state index is 0.174. The van der Waals surface area contributed by atoms with Crippen LogP contribution in [0.1, 0.15) is 29.9 Å². The van der Waals surface area contributed by atoms with Gasteiger partial charge in [0.2, 0.25) is 5.91 Å². The molecule has 0 saturated heterocycles. The number of nitrogens with zero attached hydrogens (tertiary/aromatic N) is 1. The lowest BCUT2D eigenvalue weighted by Gasteiger charge is -2.21. The fraction of sp³-hybridized carbons (Fsp3) is 0.438. The van der Waals surface area contributed by atoms with Gasteiger partial charge in [0.25, 0.3) is 0 Å². The summed E-state index contributed by atoms with van der Waals surface area (Å²) >= 11 is 1.68. The highest BCUT2D eigenvalue weighted by molar-refractivity contribution is 7.09. The maximum atomic E-state index is 12.4. The van der Waals surface area contributed by atoms with Crippen molar-refractivity contribution in [2.75, 3.05) is 6.54 Å². The van der Waals surface area contributed by atoms with Gasteiger partial charge in [-0.05, 0) is 36.4 Å². The van der Waals surface area contributed by atoms with E-state index in [1.54, 1.807) is 17.6 Å². The molecule has 0 aromatic carbocycles. The topological polar surface area (TPSA) is 45.5 Å². The molecule has 0 radical (unpaired) electrons. The fourth-order valence-electron chi connectivity index (χ4n) is 2.24. The third kappa shape index (κ3) is 4.44. The van der Waals surface area contributed by atoms with Crippen LogP contribution in [-0.2, 0) is 17.9 Å². The lowest BCUT2D eigenvalue weighted by atomic mass is 10.3. The van der Waals surface area contributed by atoms with Crippen LogP contribution in [0.5, 0.6) is 0 Å². The Kier molecular flexibility index (Phi) is 4.72. The third-order valence-electron chi connectivity index (χ3n) is 3.56. The van der Waals surface area contributed by atoms with Crippen LogP contribution in [0.2, 0.25) is 0 Å². The average Bonchev–Trinajstić information content (AvgIpc) is 2.94. The highest BCUT2D eigenvalue weighted by Crippen LogP contribution is 2.19. The van der Waals surface area contributed by atoms with E-state index in [-0.39, 0.29) is 5.91 Å². The van der Waals surface area contributed by atoms with Crippen LogP contribution < -0.4 is 5.32 Å². The molecule has 1 saturated carbocycles. The van der Waals surface area contributed by atoms with Crippen molar-refractivity contribution in [3.8, 4) is 0 Å². The Bertz CT molecular complexity index is 511. The molecule has 0 atom stereocenters. The molecule has 1 N–H and O–H groups in total. The Morgan fingerprint density at radius 2 is 2.24 bits per heavy atom. The summed E-state index contributed by atoms with van der Waals surface area (Å²) < 4.78 is 5.38. The highest BCUT2D eigenvalue weighted by Gasteiger charge is 2.21. The van der Waals surface area contributed by atoms with Gasteiger partial charge < -0.3 is 14.6 Å². The maximum Gasteiger partial charge on any atom is 0.224 e. The summed E-state index contributed by atoms with van der Waals surface area (Å²) in [5.74, 6) is 1.00. The van der Waals surface area contributed by atoms with Crippen molar-refractivity contribution in [1.82, 2.24) is 10.2 Å². The second-order valence-electron chi connectivity index (χ2n) is 5.39. The Morgan fingerprint density at radius 1 is 1.33 bits per heavy atom. The molecule has 2 heterocycles. The van der Waals surface area contributed by atoms with Crippen molar-refractivity contribution < 1.29 is 9.21 Å². The average molecular weight is 304 g/mol. The second kappa shape index (κ2) is 6.91. The van der Waals surface area contributed by atoms with Crippen molar-refractivity contribution in [3.05, 3.63) is 46.5 Å². The molecule has 1 amide bonds. The van der Waals surface area contributed by atoms with Crippen LogP contribution in [0.3, 0.4) is 0 Å². The van der Waals surface area contributed by atoms with Crippen LogP contribution in [-0.4, -0.2) is 23.4 Å². The molecular formula is C16H20N2O2S. The first-order valence-electron chi connectivity index (χ1n) is 7.37. The first kappa shape index (κ1) is 14.4. The number of nitrogens with one attached hydrogen (secondary N) is 1. The lowest BCUT2D eigenvalue weighted by molar-refractivity contribution is -0.132. The summed E-state index contributed by atoms with van der Waals surface area (Å²) in [6, 6.07) is 8.50. The number of carbonyl (C=O) groups is 1. The van der Waals surface area contributed by atoms with Gasteiger partial charge in [0.05, 0.1) is 19.4 Å². The number of hydrogen-bond acceptors (Lipinski definition) is 4. The van der Waals surface area contributed by atoms with E-state index in [2.05, 4.69) is 11.4 Å². The van der Waals surface area contributed by atoms with Gasteiger partial charge in [-0.15, -0.1) is 11.3 Å². The van der Waals surface area contributed by atoms with Gasteiger partial charge in [-0.2, -0.15) is 0 Å². The van der Waals surface area contributed by atoms with Gasteiger partial charge in [-0.25, -0.2) is 0 Å². The minimum Gasteiger partial charge on any atom is -0.467 e. The molecule has 2 aromatic rings. The molecule has 1 aliphatic rings. The van der Waals surface area contributed by atoms with Crippen LogP contribution >= 0.6 is 11.3 Å². The van der Waals surface area contributed by atoms with E-state index in [0.717, 1.165) is 12.3 Å². The van der Waals surface area contributed by atoms with Crippen LogP contribution in [0, 0.1) is 0 Å². The van der Waals surface area contributed by atoms with Gasteiger partial charge in [-0.1, -0.05) is 6.07 Å². The Hall–Kier alpha value is -1.59. The van der Waals surface area contributed by atoms with Crippen molar-refractivity contribution >= 4 is 17.2 Å². The van der Waals surface area contributed by atoms with E-state index in [1.165, 1.54) is 17.7 Å². The molecule has 112 valence electrons. The molecule has 5 heteroatoms. The number of furan rings is 1. The molecule has 3 rings (SSSR count). The molecule has 0 bridgehead atoms. The van der Waals surface area contributed by atoms with Gasteiger partial charge in [0.1, 0.15) is 5.76 Å². The summed E-state index contributed by atoms with van der Waals surface area (Å²) in [6.07, 6.45) is 4.69. The number of rotatable bonds is 8. The third-order valence-corrected chi connectivity index (χ3v) is 4.42. The Balaban J connectivity index is 1.57. The number of hydrogen-bond donors (Lipinski definition) is 1. The predicted octanol–water partition coefficient (Wildman–Crippen LogP) is 3.01. The molecule has 2 aromatic heterocycles. The largest absolute Gasteiger partial charge is 0.467 e. The van der Waals surface area contributed by atoms with Crippen molar-refractivity contribution in [1.29, 1.82) is 0 Å². The zero-order valence-corrected chi connectivity index (χ0v) is 12.8. The van der Waals surface area contributed by atoms with E-state index in [9.17, 15) is 4.79 Å². The lowest BCUT2D eigenvalue weighted by Crippen LogP contribution is -2.32. The van der Waals surface area contributed by atoms with E-state index >= 15 is 0 Å². The van der Waals surface area contributed by atoms with Crippen LogP contribution in [0.15, 0.2) is 40.3 Å². The van der Waals surface area contributed by atoms with Gasteiger partial charge in [0, 0.05) is 23.9 Å². The van der Waals surface area contributed by atoms with E-state index in [4.69, 9.17) is 4.42 Å². The second-order valence-corrected chi connectivity index (χ2v) is 6.42. The van der Waals surface area contributed by atoms with Gasteiger partial charge in [0.15, 0.2) is 0 Å². The zero-order valence-electron chi connectivity index (χ0n) is 12.0. The summed E-state index contributed by atoms with van der Waals surface area (Å²) in [4.78, 5) is 15.5. The number of amides is 1. The molecule has 0 unspecified atom stereocenters. The molecular weight excluding hydrogens is 284 g/mol. The smallest absolute Gasteiger partial charge is 0.224 e. The standard InChI is InChI=1S/C16H20N2O2S/c19-16(7-8-17-13-5-6-13)18(11-14-3-1-9-20-14)12-15-4-2-10-21-15/h1-4,9-10,13,17H,5-8,11-12H2. The summed E-state index contributed by atoms with van der Waals surface area (Å²) in [6.45, 7) is 1.95. The summed E-state index contributed by atoms with van der Waals surface area (Å²) in [5.41, 5.74) is 0. The molecule has 1 fully saturated rings. The quantitative estimate of drug-likeness (QED) is 0.815. The Morgan fingerprint density at radius 3 is 2.90 bits per heavy atom. The maximum absolute atomic E-state index is 12.4. The fourth-order valence-corrected chi connectivity index (χ4v) is 2.96. The number of carbonyl (C=O) groups excluding carboxylic acids is 1. The summed E-state index contributed by atoms with van der Waals surface area (Å²) in [7, 11) is 0. The van der Waals surface area contributed by atoms with Crippen molar-refractivity contribution in [3.63, 3.8) is 0 Å². The molecule has 0 spiro atoms. The highest BCUT2D eigenvalue weighted by atomic mass is 32.1. The van der Waals surface area contributed by atoms with Gasteiger partial charge in [-0.3, -0.25) is 4.79 Å². The van der Waals surface area contributed by atoms with Crippen molar-refractivity contribution in [2.45, 2.75) is 38.4 Å². The predicted molar refractivity (Wildman–Crippen MR) is 82.9 cm³/mol. The Labute approximate surface area is 128 Å². The number of thiophene rings is 1.